The molecule has 0 spiro atoms. The molecule has 0 saturated heterocycles. The zero-order valence-electron chi connectivity index (χ0n) is 16.2. The van der Waals surface area contributed by atoms with E-state index in [0.717, 1.165) is 47.5 Å². The Hall–Kier alpha value is -1.96. The standard InChI is InChI=1S/C21H24N4OS2/c1-23-20(15-5-3-4-6-17(15)26-2)22-25(21(23)27)13-24-11-9-18-16(10-12-28-18)19(24)14-7-8-14/h3-6,10,12,14,19H,7-9,11,13H2,1-2H3/t19-/m0/s1. The lowest BCUT2D eigenvalue weighted by atomic mass is 9.96. The van der Waals surface area contributed by atoms with Gasteiger partial charge in [0.2, 0.25) is 0 Å². The van der Waals surface area contributed by atoms with Crippen LogP contribution in [-0.2, 0) is 20.1 Å². The zero-order chi connectivity index (χ0) is 19.3. The topological polar surface area (TPSA) is 35.2 Å². The molecule has 5 rings (SSSR count). The summed E-state index contributed by atoms with van der Waals surface area (Å²) < 4.78 is 10.2. The van der Waals surface area contributed by atoms with E-state index in [4.69, 9.17) is 22.1 Å². The second-order valence-corrected chi connectivity index (χ2v) is 9.02. The molecule has 2 aliphatic rings. The molecule has 1 aromatic carbocycles. The molecule has 7 heteroatoms. The van der Waals surface area contributed by atoms with Crippen molar-refractivity contribution in [1.82, 2.24) is 19.2 Å². The van der Waals surface area contributed by atoms with Crippen molar-refractivity contribution in [3.05, 3.63) is 50.9 Å². The molecular weight excluding hydrogens is 388 g/mol. The lowest BCUT2D eigenvalue weighted by Crippen LogP contribution is -2.37. The largest absolute Gasteiger partial charge is 0.496 e. The van der Waals surface area contributed by atoms with Gasteiger partial charge < -0.3 is 9.30 Å². The fourth-order valence-electron chi connectivity index (χ4n) is 4.34. The Balaban J connectivity index is 1.49. The van der Waals surface area contributed by atoms with Crippen molar-refractivity contribution in [2.45, 2.75) is 32.0 Å². The molecular formula is C21H24N4OS2. The summed E-state index contributed by atoms with van der Waals surface area (Å²) in [6.45, 7) is 1.80. The molecule has 0 N–H and O–H groups in total. The number of nitrogens with zero attached hydrogens (tertiary/aromatic N) is 4. The molecule has 0 radical (unpaired) electrons. The summed E-state index contributed by atoms with van der Waals surface area (Å²) in [6, 6.07) is 10.8. The quantitative estimate of drug-likeness (QED) is 0.571. The molecule has 1 aliphatic heterocycles. The molecule has 1 saturated carbocycles. The first-order valence-corrected chi connectivity index (χ1v) is 11.0. The average Bonchev–Trinajstić information content (AvgIpc) is 3.38. The third-order valence-electron chi connectivity index (χ3n) is 5.89. The van der Waals surface area contributed by atoms with E-state index < -0.39 is 0 Å². The number of aromatic nitrogens is 3. The number of ether oxygens (including phenoxy) is 1. The third-order valence-corrected chi connectivity index (χ3v) is 7.37. The first kappa shape index (κ1) is 18.1. The lowest BCUT2D eigenvalue weighted by molar-refractivity contribution is 0.117. The maximum atomic E-state index is 5.74. The summed E-state index contributed by atoms with van der Waals surface area (Å²) in [6.07, 6.45) is 3.78. The molecule has 0 unspecified atom stereocenters. The third kappa shape index (κ3) is 3.02. The summed E-state index contributed by atoms with van der Waals surface area (Å²) in [5.74, 6) is 2.44. The van der Waals surface area contributed by atoms with Crippen molar-refractivity contribution in [2.24, 2.45) is 13.0 Å². The van der Waals surface area contributed by atoms with E-state index in [1.54, 1.807) is 12.0 Å². The van der Waals surface area contributed by atoms with Gasteiger partial charge in [-0.05, 0) is 66.5 Å². The maximum absolute atomic E-state index is 5.74. The minimum atomic E-state index is 0.508. The van der Waals surface area contributed by atoms with Gasteiger partial charge in [-0.25, -0.2) is 4.68 Å². The minimum absolute atomic E-state index is 0.508. The van der Waals surface area contributed by atoms with E-state index >= 15 is 0 Å². The molecule has 3 heterocycles. The molecule has 1 fully saturated rings. The second kappa shape index (κ2) is 7.13. The molecule has 0 bridgehead atoms. The van der Waals surface area contributed by atoms with E-state index in [2.05, 4.69) is 16.3 Å². The van der Waals surface area contributed by atoms with Crippen LogP contribution in [0.15, 0.2) is 35.7 Å². The van der Waals surface area contributed by atoms with Gasteiger partial charge in [0.15, 0.2) is 10.6 Å². The van der Waals surface area contributed by atoms with Crippen molar-refractivity contribution < 1.29 is 4.74 Å². The number of para-hydroxylation sites is 1. The van der Waals surface area contributed by atoms with Crippen LogP contribution in [0.4, 0.5) is 0 Å². The Morgan fingerprint density at radius 2 is 2.07 bits per heavy atom. The van der Waals surface area contributed by atoms with Crippen LogP contribution in [0, 0.1) is 10.7 Å². The van der Waals surface area contributed by atoms with Crippen molar-refractivity contribution in [1.29, 1.82) is 0 Å². The van der Waals surface area contributed by atoms with Crippen LogP contribution < -0.4 is 4.74 Å². The highest BCUT2D eigenvalue weighted by atomic mass is 32.1. The first-order chi connectivity index (χ1) is 13.7. The molecule has 0 amide bonds. The number of fused-ring (bicyclic) bond motifs is 1. The molecule has 1 aliphatic carbocycles. The van der Waals surface area contributed by atoms with Gasteiger partial charge in [0.25, 0.3) is 0 Å². The molecule has 146 valence electrons. The molecule has 5 nitrogen and oxygen atoms in total. The Bertz CT molecular complexity index is 1060. The summed E-state index contributed by atoms with van der Waals surface area (Å²) in [4.78, 5) is 4.13. The van der Waals surface area contributed by atoms with Gasteiger partial charge in [-0.2, -0.15) is 5.10 Å². The van der Waals surface area contributed by atoms with Crippen molar-refractivity contribution in [2.75, 3.05) is 13.7 Å². The SMILES string of the molecule is COc1ccccc1-c1nn(CN2CCc3sccc3[C@@H]2C2CC2)c(=S)n1C. The van der Waals surface area contributed by atoms with Crippen LogP contribution in [0.3, 0.4) is 0 Å². The van der Waals surface area contributed by atoms with Gasteiger partial charge >= 0.3 is 0 Å². The monoisotopic (exact) mass is 412 g/mol. The van der Waals surface area contributed by atoms with Gasteiger partial charge in [-0.3, -0.25) is 4.90 Å². The maximum Gasteiger partial charge on any atom is 0.199 e. The Kier molecular flexibility index (Phi) is 4.61. The number of hydrogen-bond donors (Lipinski definition) is 0. The lowest BCUT2D eigenvalue weighted by Gasteiger charge is -2.35. The molecule has 28 heavy (non-hydrogen) atoms. The van der Waals surface area contributed by atoms with Crippen LogP contribution in [0.25, 0.3) is 11.4 Å². The van der Waals surface area contributed by atoms with Crippen molar-refractivity contribution >= 4 is 23.6 Å². The average molecular weight is 413 g/mol. The van der Waals surface area contributed by atoms with Gasteiger partial charge in [-0.1, -0.05) is 12.1 Å². The van der Waals surface area contributed by atoms with E-state index in [-0.39, 0.29) is 0 Å². The van der Waals surface area contributed by atoms with Crippen LogP contribution in [-0.4, -0.2) is 32.9 Å². The van der Waals surface area contributed by atoms with Gasteiger partial charge in [0.05, 0.1) is 19.3 Å². The fourth-order valence-corrected chi connectivity index (χ4v) is 5.43. The van der Waals surface area contributed by atoms with Crippen LogP contribution >= 0.6 is 23.6 Å². The summed E-state index contributed by atoms with van der Waals surface area (Å²) in [5.41, 5.74) is 2.50. The van der Waals surface area contributed by atoms with Crippen molar-refractivity contribution in [3.8, 4) is 17.1 Å². The highest BCUT2D eigenvalue weighted by Gasteiger charge is 2.40. The summed E-state index contributed by atoms with van der Waals surface area (Å²) in [5, 5.41) is 7.14. The number of thiophene rings is 1. The van der Waals surface area contributed by atoms with E-state index in [9.17, 15) is 0 Å². The number of hydrogen-bond acceptors (Lipinski definition) is 5. The zero-order valence-corrected chi connectivity index (χ0v) is 17.8. The Morgan fingerprint density at radius 1 is 1.25 bits per heavy atom. The molecule has 3 aromatic rings. The van der Waals surface area contributed by atoms with E-state index in [1.165, 1.54) is 18.4 Å². The number of rotatable bonds is 5. The van der Waals surface area contributed by atoms with Crippen LogP contribution in [0.2, 0.25) is 0 Å². The smallest absolute Gasteiger partial charge is 0.199 e. The highest BCUT2D eigenvalue weighted by molar-refractivity contribution is 7.71. The predicted molar refractivity (Wildman–Crippen MR) is 114 cm³/mol. The fraction of sp³-hybridized carbons (Fsp3) is 0.429. The van der Waals surface area contributed by atoms with Gasteiger partial charge in [0.1, 0.15) is 5.75 Å². The minimum Gasteiger partial charge on any atom is -0.496 e. The molecule has 2 aromatic heterocycles. The Labute approximate surface area is 174 Å². The van der Waals surface area contributed by atoms with Crippen LogP contribution in [0.1, 0.15) is 29.3 Å². The highest BCUT2D eigenvalue weighted by Crippen LogP contribution is 2.48. The van der Waals surface area contributed by atoms with Gasteiger partial charge in [0, 0.05) is 24.5 Å². The number of methoxy groups -OCH3 is 1. The summed E-state index contributed by atoms with van der Waals surface area (Å²) in [7, 11) is 3.68. The summed E-state index contributed by atoms with van der Waals surface area (Å²) >= 11 is 7.65. The normalized spacial score (nSPS) is 19.6. The second-order valence-electron chi connectivity index (χ2n) is 7.65. The molecule has 1 atom stereocenters. The van der Waals surface area contributed by atoms with Crippen LogP contribution in [0.5, 0.6) is 5.75 Å². The van der Waals surface area contributed by atoms with Gasteiger partial charge in [-0.15, -0.1) is 11.3 Å². The van der Waals surface area contributed by atoms with E-state index in [1.807, 2.05) is 51.9 Å². The first-order valence-electron chi connectivity index (χ1n) is 9.75. The van der Waals surface area contributed by atoms with E-state index in [0.29, 0.717) is 6.04 Å². The predicted octanol–water partition coefficient (Wildman–Crippen LogP) is 4.66. The van der Waals surface area contributed by atoms with Crippen molar-refractivity contribution in [3.63, 3.8) is 0 Å². The number of benzene rings is 1. The Morgan fingerprint density at radius 3 is 2.86 bits per heavy atom.